The Morgan fingerprint density at radius 3 is 2.71 bits per heavy atom. The van der Waals surface area contributed by atoms with Gasteiger partial charge in [0.15, 0.2) is 4.80 Å². The molecule has 2 aromatic carbocycles. The van der Waals surface area contributed by atoms with Crippen LogP contribution in [0.15, 0.2) is 54.0 Å². The van der Waals surface area contributed by atoms with E-state index in [0.29, 0.717) is 16.9 Å². The number of allylic oxidation sites excluding steroid dienone is 1. The number of aromatic nitrogens is 1. The third-order valence-electron chi connectivity index (χ3n) is 4.02. The topological polar surface area (TPSA) is 34.4 Å². The Morgan fingerprint density at radius 2 is 2.00 bits per heavy atom. The van der Waals surface area contributed by atoms with E-state index in [4.69, 9.17) is 0 Å². The molecule has 0 aliphatic rings. The summed E-state index contributed by atoms with van der Waals surface area (Å²) in [4.78, 5) is 17.8. The molecule has 0 bridgehead atoms. The monoisotopic (exact) mass is 336 g/mol. The third kappa shape index (κ3) is 2.97. The minimum Gasteiger partial charge on any atom is -0.312 e. The molecule has 0 saturated heterocycles. The number of aryl methyl sites for hydroxylation is 3. The van der Waals surface area contributed by atoms with Gasteiger partial charge in [0.25, 0.3) is 5.91 Å². The van der Waals surface area contributed by atoms with Gasteiger partial charge in [-0.3, -0.25) is 4.79 Å². The fourth-order valence-corrected chi connectivity index (χ4v) is 4.01. The lowest BCUT2D eigenvalue weighted by Crippen LogP contribution is -2.17. The average molecular weight is 336 g/mol. The van der Waals surface area contributed by atoms with Gasteiger partial charge in [0, 0.05) is 12.1 Å². The first-order valence-corrected chi connectivity index (χ1v) is 8.69. The highest BCUT2D eigenvalue weighted by Crippen LogP contribution is 2.21. The van der Waals surface area contributed by atoms with Gasteiger partial charge in [-0.2, -0.15) is 4.99 Å². The highest BCUT2D eigenvalue weighted by molar-refractivity contribution is 7.16. The number of hydrogen-bond acceptors (Lipinski definition) is 2. The maximum absolute atomic E-state index is 12.7. The minimum absolute atomic E-state index is 0.200. The lowest BCUT2D eigenvalue weighted by atomic mass is 10.1. The van der Waals surface area contributed by atoms with Gasteiger partial charge in [0.2, 0.25) is 0 Å². The predicted octanol–water partition coefficient (Wildman–Crippen LogP) is 4.56. The molecule has 0 fully saturated rings. The van der Waals surface area contributed by atoms with Crippen molar-refractivity contribution in [3.8, 4) is 0 Å². The van der Waals surface area contributed by atoms with Gasteiger partial charge in [-0.1, -0.05) is 47.2 Å². The molecule has 3 rings (SSSR count). The Hall–Kier alpha value is -2.46. The van der Waals surface area contributed by atoms with E-state index in [1.807, 2.05) is 44.2 Å². The van der Waals surface area contributed by atoms with E-state index in [2.05, 4.69) is 35.2 Å². The summed E-state index contributed by atoms with van der Waals surface area (Å²) in [5, 5.41) is 0. The Kier molecular flexibility index (Phi) is 4.49. The summed E-state index contributed by atoms with van der Waals surface area (Å²) < 4.78 is 3.19. The van der Waals surface area contributed by atoms with E-state index in [9.17, 15) is 4.79 Å². The first-order valence-electron chi connectivity index (χ1n) is 7.87. The van der Waals surface area contributed by atoms with Crippen LogP contribution < -0.4 is 4.80 Å². The van der Waals surface area contributed by atoms with Crippen LogP contribution in [0.3, 0.4) is 0 Å². The maximum Gasteiger partial charge on any atom is 0.279 e. The largest absolute Gasteiger partial charge is 0.312 e. The zero-order chi connectivity index (χ0) is 17.3. The quantitative estimate of drug-likeness (QED) is 0.646. The van der Waals surface area contributed by atoms with E-state index in [1.165, 1.54) is 16.9 Å². The second-order valence-electron chi connectivity index (χ2n) is 5.94. The number of thiazole rings is 1. The Morgan fingerprint density at radius 1 is 1.21 bits per heavy atom. The first kappa shape index (κ1) is 16.4. The van der Waals surface area contributed by atoms with Crippen LogP contribution in [-0.4, -0.2) is 10.5 Å². The second-order valence-corrected chi connectivity index (χ2v) is 6.95. The van der Waals surface area contributed by atoms with Crippen LogP contribution >= 0.6 is 11.3 Å². The Balaban J connectivity index is 2.19. The number of fused-ring (bicyclic) bond motifs is 1. The molecular weight excluding hydrogens is 316 g/mol. The summed E-state index contributed by atoms with van der Waals surface area (Å²) in [5.74, 6) is -0.200. The molecule has 3 aromatic rings. The number of benzene rings is 2. The predicted molar refractivity (Wildman–Crippen MR) is 101 cm³/mol. The summed E-state index contributed by atoms with van der Waals surface area (Å²) in [6.07, 6.45) is 1.83. The number of amides is 1. The van der Waals surface area contributed by atoms with E-state index >= 15 is 0 Å². The Labute approximate surface area is 145 Å². The van der Waals surface area contributed by atoms with Crippen LogP contribution in [0.1, 0.15) is 27.0 Å². The van der Waals surface area contributed by atoms with Crippen molar-refractivity contribution in [3.63, 3.8) is 0 Å². The van der Waals surface area contributed by atoms with Crippen molar-refractivity contribution in [1.29, 1.82) is 0 Å². The lowest BCUT2D eigenvalue weighted by molar-refractivity contribution is 0.0997. The molecule has 24 heavy (non-hydrogen) atoms. The molecule has 0 aliphatic carbocycles. The number of rotatable bonds is 3. The highest BCUT2D eigenvalue weighted by Gasteiger charge is 2.11. The molecular formula is C20H20N2OS. The highest BCUT2D eigenvalue weighted by atomic mass is 32.1. The molecule has 1 heterocycles. The fraction of sp³-hybridized carbons (Fsp3) is 0.200. The lowest BCUT2D eigenvalue weighted by Gasteiger charge is -2.04. The van der Waals surface area contributed by atoms with Crippen LogP contribution in [0.2, 0.25) is 0 Å². The molecule has 1 aromatic heterocycles. The van der Waals surface area contributed by atoms with Gasteiger partial charge in [-0.05, 0) is 44.0 Å². The van der Waals surface area contributed by atoms with E-state index in [1.54, 1.807) is 0 Å². The van der Waals surface area contributed by atoms with Gasteiger partial charge in [-0.15, -0.1) is 6.58 Å². The number of nitrogens with zero attached hydrogens (tertiary/aromatic N) is 2. The minimum atomic E-state index is -0.200. The van der Waals surface area contributed by atoms with E-state index in [0.717, 1.165) is 21.3 Å². The average Bonchev–Trinajstić information content (AvgIpc) is 2.86. The Bertz CT molecular complexity index is 1010. The van der Waals surface area contributed by atoms with Crippen molar-refractivity contribution >= 4 is 27.5 Å². The molecule has 0 spiro atoms. The molecule has 3 nitrogen and oxygen atoms in total. The smallest absolute Gasteiger partial charge is 0.279 e. The second kappa shape index (κ2) is 6.57. The maximum atomic E-state index is 12.7. The molecule has 1 amide bonds. The number of hydrogen-bond donors (Lipinski definition) is 0. The van der Waals surface area contributed by atoms with Crippen LogP contribution in [0, 0.1) is 20.8 Å². The molecule has 0 unspecified atom stereocenters. The van der Waals surface area contributed by atoms with Gasteiger partial charge >= 0.3 is 0 Å². The summed E-state index contributed by atoms with van der Waals surface area (Å²) >= 11 is 1.54. The molecule has 0 saturated carbocycles. The van der Waals surface area contributed by atoms with Crippen molar-refractivity contribution in [2.75, 3.05) is 0 Å². The van der Waals surface area contributed by atoms with Crippen LogP contribution in [-0.2, 0) is 6.54 Å². The first-order chi connectivity index (χ1) is 11.5. The van der Waals surface area contributed by atoms with Crippen LogP contribution in [0.4, 0.5) is 0 Å². The van der Waals surface area contributed by atoms with Crippen LogP contribution in [0.25, 0.3) is 10.2 Å². The third-order valence-corrected chi connectivity index (χ3v) is 5.07. The van der Waals surface area contributed by atoms with Gasteiger partial charge < -0.3 is 4.57 Å². The molecule has 0 atom stereocenters. The van der Waals surface area contributed by atoms with Crippen molar-refractivity contribution in [2.45, 2.75) is 27.3 Å². The molecule has 4 heteroatoms. The van der Waals surface area contributed by atoms with Crippen molar-refractivity contribution < 1.29 is 4.79 Å². The SMILES string of the molecule is C=CCn1c(=NC(=O)c2ccc(C)cc2C)sc2cccc(C)c21. The normalized spacial score (nSPS) is 11.9. The van der Waals surface area contributed by atoms with E-state index < -0.39 is 0 Å². The molecule has 0 radical (unpaired) electrons. The van der Waals surface area contributed by atoms with Crippen LogP contribution in [0.5, 0.6) is 0 Å². The fourth-order valence-electron chi connectivity index (χ4n) is 2.89. The van der Waals surface area contributed by atoms with Crippen molar-refractivity contribution in [3.05, 3.63) is 76.1 Å². The number of carbonyl (C=O) groups is 1. The zero-order valence-corrected chi connectivity index (χ0v) is 15.0. The van der Waals surface area contributed by atoms with E-state index in [-0.39, 0.29) is 5.91 Å². The number of carbonyl (C=O) groups excluding carboxylic acids is 1. The molecule has 0 N–H and O–H groups in total. The van der Waals surface area contributed by atoms with Crippen molar-refractivity contribution in [2.24, 2.45) is 4.99 Å². The van der Waals surface area contributed by atoms with Gasteiger partial charge in [-0.25, -0.2) is 0 Å². The number of para-hydroxylation sites is 1. The van der Waals surface area contributed by atoms with Gasteiger partial charge in [0.1, 0.15) is 0 Å². The van der Waals surface area contributed by atoms with Crippen molar-refractivity contribution in [1.82, 2.24) is 4.57 Å². The van der Waals surface area contributed by atoms with Gasteiger partial charge in [0.05, 0.1) is 10.2 Å². The summed E-state index contributed by atoms with van der Waals surface area (Å²) in [5.41, 5.74) is 5.04. The summed E-state index contributed by atoms with van der Waals surface area (Å²) in [6, 6.07) is 12.0. The molecule has 0 aliphatic heterocycles. The molecule has 122 valence electrons. The summed E-state index contributed by atoms with van der Waals surface area (Å²) in [6.45, 7) is 10.5. The summed E-state index contributed by atoms with van der Waals surface area (Å²) in [7, 11) is 0. The standard InChI is InChI=1S/C20H20N2OS/c1-5-11-22-18-14(3)7-6-8-17(18)24-20(22)21-19(23)16-10-9-13(2)12-15(16)4/h5-10,12H,1,11H2,2-4H3. The zero-order valence-electron chi connectivity index (χ0n) is 14.2.